The summed E-state index contributed by atoms with van der Waals surface area (Å²) in [6.45, 7) is 3.38. The molecule has 1 heterocycles. The van der Waals surface area contributed by atoms with Crippen molar-refractivity contribution in [3.05, 3.63) is 33.1 Å². The molecule has 1 aromatic heterocycles. The van der Waals surface area contributed by atoms with Crippen LogP contribution in [-0.4, -0.2) is 16.3 Å². The Balaban J connectivity index is 3.19. The Morgan fingerprint density at radius 1 is 1.64 bits per heavy atom. The van der Waals surface area contributed by atoms with Crippen molar-refractivity contribution in [3.63, 3.8) is 0 Å². The Kier molecular flexibility index (Phi) is 2.00. The summed E-state index contributed by atoms with van der Waals surface area (Å²) >= 11 is 0. The van der Waals surface area contributed by atoms with Gasteiger partial charge >= 0.3 is 5.69 Å². The van der Waals surface area contributed by atoms with Crippen molar-refractivity contribution in [1.29, 1.82) is 0 Å². The van der Waals surface area contributed by atoms with Crippen LogP contribution in [0.2, 0.25) is 0 Å². The average Bonchev–Trinajstić information content (AvgIpc) is 1.95. The van der Waals surface area contributed by atoms with Gasteiger partial charge in [-0.2, -0.15) is 0 Å². The summed E-state index contributed by atoms with van der Waals surface area (Å²) in [4.78, 5) is 27.0. The minimum absolute atomic E-state index is 0.162. The van der Waals surface area contributed by atoms with E-state index in [1.807, 2.05) is 0 Å². The largest absolute Gasteiger partial charge is 0.329 e. The fourth-order valence-electron chi connectivity index (χ4n) is 0.663. The number of hydrogen-bond donors (Lipinski definition) is 1. The van der Waals surface area contributed by atoms with Gasteiger partial charge in [-0.25, -0.2) is 4.79 Å². The van der Waals surface area contributed by atoms with Gasteiger partial charge in [0.05, 0.1) is 0 Å². The Morgan fingerprint density at radius 3 is 2.91 bits per heavy atom. The van der Waals surface area contributed by atoms with Gasteiger partial charge in [0.2, 0.25) is 0 Å². The first-order valence-electron chi connectivity index (χ1n) is 2.96. The number of aromatic nitrogens is 2. The maximum Gasteiger partial charge on any atom is 0.329 e. The van der Waals surface area contributed by atoms with E-state index < -0.39 is 11.2 Å². The standard InChI is InChI=1S/C6H7N3O2/c1-7-4-9-3-2-5(10)8-6(9)11/h2-3H,1,4H2,(H,8,10,11). The summed E-state index contributed by atoms with van der Waals surface area (Å²) in [7, 11) is 0. The highest BCUT2D eigenvalue weighted by molar-refractivity contribution is 5.22. The number of H-pyrrole nitrogens is 1. The highest BCUT2D eigenvalue weighted by Gasteiger charge is 1.91. The zero-order chi connectivity index (χ0) is 8.27. The third kappa shape index (κ3) is 1.64. The first-order valence-corrected chi connectivity index (χ1v) is 2.96. The molecule has 0 fully saturated rings. The molecule has 0 radical (unpaired) electrons. The number of aromatic amines is 1. The van der Waals surface area contributed by atoms with Gasteiger partial charge in [-0.3, -0.25) is 19.3 Å². The molecule has 1 N–H and O–H groups in total. The topological polar surface area (TPSA) is 67.2 Å². The van der Waals surface area contributed by atoms with Crippen molar-refractivity contribution in [3.8, 4) is 0 Å². The van der Waals surface area contributed by atoms with Crippen LogP contribution < -0.4 is 11.2 Å². The summed E-state index contributed by atoms with van der Waals surface area (Å²) in [6.07, 6.45) is 1.37. The lowest BCUT2D eigenvalue weighted by Crippen LogP contribution is -2.28. The molecule has 0 atom stereocenters. The van der Waals surface area contributed by atoms with Gasteiger partial charge in [-0.15, -0.1) is 0 Å². The van der Waals surface area contributed by atoms with Gasteiger partial charge in [0.25, 0.3) is 5.56 Å². The van der Waals surface area contributed by atoms with Crippen molar-refractivity contribution in [2.45, 2.75) is 6.67 Å². The monoisotopic (exact) mass is 153 g/mol. The predicted octanol–water partition coefficient (Wildman–Crippen LogP) is -0.805. The zero-order valence-corrected chi connectivity index (χ0v) is 5.78. The molecule has 1 aromatic rings. The van der Waals surface area contributed by atoms with Crippen LogP contribution in [0.1, 0.15) is 0 Å². The minimum atomic E-state index is -0.468. The molecular weight excluding hydrogens is 146 g/mol. The molecule has 0 bridgehead atoms. The molecular formula is C6H7N3O2. The molecule has 0 spiro atoms. The van der Waals surface area contributed by atoms with Crippen LogP contribution in [-0.2, 0) is 6.67 Å². The Labute approximate surface area is 62.0 Å². The molecule has 58 valence electrons. The molecule has 5 nitrogen and oxygen atoms in total. The third-order valence-corrected chi connectivity index (χ3v) is 1.15. The van der Waals surface area contributed by atoms with Crippen molar-refractivity contribution in [2.75, 3.05) is 0 Å². The smallest absolute Gasteiger partial charge is 0.281 e. The van der Waals surface area contributed by atoms with Crippen LogP contribution in [0.25, 0.3) is 0 Å². The highest BCUT2D eigenvalue weighted by Crippen LogP contribution is 1.74. The maximum atomic E-state index is 10.8. The van der Waals surface area contributed by atoms with Gasteiger partial charge in [0.15, 0.2) is 0 Å². The van der Waals surface area contributed by atoms with E-state index in [0.29, 0.717) is 0 Å². The van der Waals surface area contributed by atoms with Gasteiger partial charge in [-0.05, 0) is 6.72 Å². The van der Waals surface area contributed by atoms with E-state index in [2.05, 4.69) is 16.7 Å². The van der Waals surface area contributed by atoms with E-state index in [4.69, 9.17) is 0 Å². The lowest BCUT2D eigenvalue weighted by atomic mass is 10.6. The number of hydrogen-bond acceptors (Lipinski definition) is 3. The minimum Gasteiger partial charge on any atom is -0.281 e. The molecule has 1 rings (SSSR count). The molecule has 0 aromatic carbocycles. The van der Waals surface area contributed by atoms with Crippen LogP contribution in [0, 0.1) is 0 Å². The quantitative estimate of drug-likeness (QED) is 0.565. The summed E-state index contributed by atoms with van der Waals surface area (Å²) in [6, 6.07) is 1.26. The molecule has 0 amide bonds. The fraction of sp³-hybridized carbons (Fsp3) is 0.167. The van der Waals surface area contributed by atoms with Crippen LogP contribution in [0.3, 0.4) is 0 Å². The first-order chi connectivity index (χ1) is 5.24. The molecule has 0 aliphatic heterocycles. The maximum absolute atomic E-state index is 10.8. The molecule has 11 heavy (non-hydrogen) atoms. The van der Waals surface area contributed by atoms with Crippen molar-refractivity contribution < 1.29 is 0 Å². The van der Waals surface area contributed by atoms with Gasteiger partial charge in [0.1, 0.15) is 6.67 Å². The van der Waals surface area contributed by atoms with Crippen molar-refractivity contribution in [1.82, 2.24) is 9.55 Å². The van der Waals surface area contributed by atoms with Crippen molar-refractivity contribution >= 4 is 6.72 Å². The molecule has 0 unspecified atom stereocenters. The summed E-state index contributed by atoms with van der Waals surface area (Å²) < 4.78 is 1.24. The Morgan fingerprint density at radius 2 is 2.36 bits per heavy atom. The number of aliphatic imine (C=N–C) groups is 1. The third-order valence-electron chi connectivity index (χ3n) is 1.15. The van der Waals surface area contributed by atoms with Gasteiger partial charge in [0, 0.05) is 12.3 Å². The normalized spacial score (nSPS) is 9.45. The van der Waals surface area contributed by atoms with Crippen molar-refractivity contribution in [2.24, 2.45) is 4.99 Å². The second-order valence-electron chi connectivity index (χ2n) is 1.94. The van der Waals surface area contributed by atoms with Crippen LogP contribution in [0.5, 0.6) is 0 Å². The lowest BCUT2D eigenvalue weighted by Gasteiger charge is -1.96. The molecule has 0 saturated heterocycles. The number of nitrogens with one attached hydrogen (secondary N) is 1. The fourth-order valence-corrected chi connectivity index (χ4v) is 0.663. The second kappa shape index (κ2) is 2.96. The predicted molar refractivity (Wildman–Crippen MR) is 40.9 cm³/mol. The summed E-state index contributed by atoms with van der Waals surface area (Å²) in [5.41, 5.74) is -0.875. The summed E-state index contributed by atoms with van der Waals surface area (Å²) in [5, 5.41) is 0. The lowest BCUT2D eigenvalue weighted by molar-refractivity contribution is 0.676. The van der Waals surface area contributed by atoms with E-state index in [0.717, 1.165) is 0 Å². The van der Waals surface area contributed by atoms with Gasteiger partial charge < -0.3 is 0 Å². The first kappa shape index (κ1) is 7.46. The van der Waals surface area contributed by atoms with E-state index in [1.54, 1.807) is 0 Å². The molecule has 0 aliphatic rings. The van der Waals surface area contributed by atoms with E-state index in [1.165, 1.54) is 16.8 Å². The van der Waals surface area contributed by atoms with E-state index in [9.17, 15) is 9.59 Å². The highest BCUT2D eigenvalue weighted by atomic mass is 16.2. The number of rotatable bonds is 2. The van der Waals surface area contributed by atoms with E-state index in [-0.39, 0.29) is 6.67 Å². The molecule has 0 aliphatic carbocycles. The summed E-state index contributed by atoms with van der Waals surface area (Å²) in [5.74, 6) is 0. The van der Waals surface area contributed by atoms with Crippen LogP contribution in [0.4, 0.5) is 0 Å². The van der Waals surface area contributed by atoms with E-state index >= 15 is 0 Å². The van der Waals surface area contributed by atoms with Crippen LogP contribution in [0.15, 0.2) is 26.8 Å². The zero-order valence-electron chi connectivity index (χ0n) is 5.78. The SMILES string of the molecule is C=NCn1ccc(=O)[nH]c1=O. The Bertz CT molecular complexity index is 363. The second-order valence-corrected chi connectivity index (χ2v) is 1.94. The Hall–Kier alpha value is -1.65. The number of nitrogens with zero attached hydrogens (tertiary/aromatic N) is 2. The van der Waals surface area contributed by atoms with Gasteiger partial charge in [-0.1, -0.05) is 0 Å². The molecule has 0 saturated carbocycles. The molecule has 5 heteroatoms. The van der Waals surface area contributed by atoms with Crippen LogP contribution >= 0.6 is 0 Å². The average molecular weight is 153 g/mol.